The topological polar surface area (TPSA) is 53.1 Å². The third-order valence-electron chi connectivity index (χ3n) is 4.61. The van der Waals surface area contributed by atoms with Crippen molar-refractivity contribution in [2.75, 3.05) is 59.0 Å². The summed E-state index contributed by atoms with van der Waals surface area (Å²) in [5.74, 6) is 0. The van der Waals surface area contributed by atoms with Gasteiger partial charge in [-0.25, -0.2) is 0 Å². The molecule has 0 bridgehead atoms. The number of halogens is 1. The Balaban J connectivity index is 1.49. The van der Waals surface area contributed by atoms with Crippen LogP contribution in [0.4, 0.5) is 0 Å². The quantitative estimate of drug-likeness (QED) is 0.775. The molecule has 24 heavy (non-hydrogen) atoms. The molecule has 2 fully saturated rings. The fourth-order valence-electron chi connectivity index (χ4n) is 3.10. The zero-order valence-corrected chi connectivity index (χ0v) is 15.3. The molecule has 0 saturated carbocycles. The summed E-state index contributed by atoms with van der Waals surface area (Å²) in [6, 6.07) is 7.88. The highest BCUT2D eigenvalue weighted by Crippen LogP contribution is 2.17. The van der Waals surface area contributed by atoms with Crippen LogP contribution < -0.4 is 0 Å². The molecular weight excluding hydrogens is 350 g/mol. The standard InChI is InChI=1S/C16H24ClN3O3S/c17-16-4-2-1-3-15(16)5-6-18-7-9-19(10-8-18)24(21,22)20-11-13-23-14-12-20/h1-4H,5-14H2. The number of rotatable bonds is 5. The van der Waals surface area contributed by atoms with Gasteiger partial charge in [-0.3, -0.25) is 0 Å². The van der Waals surface area contributed by atoms with E-state index in [9.17, 15) is 8.42 Å². The zero-order chi connectivity index (χ0) is 17.0. The molecule has 0 aliphatic carbocycles. The first-order valence-corrected chi connectivity index (χ1v) is 10.1. The molecule has 0 spiro atoms. The maximum atomic E-state index is 12.6. The first-order valence-electron chi connectivity index (χ1n) is 8.36. The average molecular weight is 374 g/mol. The molecule has 0 radical (unpaired) electrons. The Morgan fingerprint density at radius 3 is 2.25 bits per heavy atom. The minimum Gasteiger partial charge on any atom is -0.379 e. The lowest BCUT2D eigenvalue weighted by molar-refractivity contribution is 0.0685. The van der Waals surface area contributed by atoms with Crippen LogP contribution >= 0.6 is 11.6 Å². The highest BCUT2D eigenvalue weighted by Gasteiger charge is 2.33. The van der Waals surface area contributed by atoms with E-state index in [0.717, 1.165) is 36.6 Å². The van der Waals surface area contributed by atoms with Crippen molar-refractivity contribution >= 4 is 21.8 Å². The molecule has 6 nitrogen and oxygen atoms in total. The summed E-state index contributed by atoms with van der Waals surface area (Å²) >= 11 is 6.19. The fourth-order valence-corrected chi connectivity index (χ4v) is 4.90. The van der Waals surface area contributed by atoms with Gasteiger partial charge in [-0.15, -0.1) is 0 Å². The number of ether oxygens (including phenoxy) is 1. The molecule has 0 unspecified atom stereocenters. The van der Waals surface area contributed by atoms with Gasteiger partial charge in [0, 0.05) is 50.8 Å². The Hall–Kier alpha value is -0.700. The van der Waals surface area contributed by atoms with Crippen LogP contribution in [0.2, 0.25) is 5.02 Å². The molecule has 2 aliphatic heterocycles. The van der Waals surface area contributed by atoms with Crippen LogP contribution in [-0.4, -0.2) is 81.0 Å². The molecule has 8 heteroatoms. The summed E-state index contributed by atoms with van der Waals surface area (Å²) in [6.07, 6.45) is 0.885. The van der Waals surface area contributed by atoms with Crippen LogP contribution in [0, 0.1) is 0 Å². The predicted molar refractivity (Wildman–Crippen MR) is 94.5 cm³/mol. The normalized spacial score (nSPS) is 21.9. The van der Waals surface area contributed by atoms with Crippen LogP contribution in [0.3, 0.4) is 0 Å². The van der Waals surface area contributed by atoms with Gasteiger partial charge in [-0.2, -0.15) is 17.0 Å². The van der Waals surface area contributed by atoms with E-state index in [1.165, 1.54) is 4.31 Å². The van der Waals surface area contributed by atoms with Crippen LogP contribution in [-0.2, 0) is 21.4 Å². The molecule has 2 heterocycles. The van der Waals surface area contributed by atoms with E-state index in [1.54, 1.807) is 4.31 Å². The van der Waals surface area contributed by atoms with Crippen molar-refractivity contribution in [3.8, 4) is 0 Å². The summed E-state index contributed by atoms with van der Waals surface area (Å²) < 4.78 is 33.6. The van der Waals surface area contributed by atoms with Crippen molar-refractivity contribution in [1.29, 1.82) is 0 Å². The van der Waals surface area contributed by atoms with Gasteiger partial charge in [0.2, 0.25) is 0 Å². The molecule has 134 valence electrons. The predicted octanol–water partition coefficient (Wildman–Crippen LogP) is 1.08. The van der Waals surface area contributed by atoms with Crippen LogP contribution in [0.5, 0.6) is 0 Å². The molecule has 1 aromatic rings. The molecule has 3 rings (SSSR count). The van der Waals surface area contributed by atoms with Gasteiger partial charge in [0.05, 0.1) is 13.2 Å². The minimum absolute atomic E-state index is 0.453. The van der Waals surface area contributed by atoms with E-state index in [-0.39, 0.29) is 0 Å². The minimum atomic E-state index is -3.34. The van der Waals surface area contributed by atoms with E-state index < -0.39 is 10.2 Å². The second-order valence-electron chi connectivity index (χ2n) is 6.10. The Kier molecular flexibility index (Phi) is 6.12. The lowest BCUT2D eigenvalue weighted by Crippen LogP contribution is -2.55. The van der Waals surface area contributed by atoms with Gasteiger partial charge >= 0.3 is 0 Å². The Bertz CT molecular complexity index is 642. The SMILES string of the molecule is O=S(=O)(N1CCOCC1)N1CCN(CCc2ccccc2Cl)CC1. The van der Waals surface area contributed by atoms with E-state index in [1.807, 2.05) is 24.3 Å². The van der Waals surface area contributed by atoms with Gasteiger partial charge in [0.15, 0.2) is 0 Å². The van der Waals surface area contributed by atoms with E-state index in [4.69, 9.17) is 16.3 Å². The molecule has 2 saturated heterocycles. The van der Waals surface area contributed by atoms with Gasteiger partial charge in [0.1, 0.15) is 0 Å². The monoisotopic (exact) mass is 373 g/mol. The van der Waals surface area contributed by atoms with Crippen molar-refractivity contribution in [2.24, 2.45) is 0 Å². The summed E-state index contributed by atoms with van der Waals surface area (Å²) in [7, 11) is -3.34. The highest BCUT2D eigenvalue weighted by molar-refractivity contribution is 7.86. The number of morpholine rings is 1. The van der Waals surface area contributed by atoms with Gasteiger partial charge in [-0.05, 0) is 18.1 Å². The van der Waals surface area contributed by atoms with Crippen molar-refractivity contribution in [3.05, 3.63) is 34.9 Å². The summed E-state index contributed by atoms with van der Waals surface area (Å²) in [4.78, 5) is 2.30. The first kappa shape index (κ1) is 18.1. The van der Waals surface area contributed by atoms with Gasteiger partial charge in [-0.1, -0.05) is 29.8 Å². The molecule has 1 aromatic carbocycles. The van der Waals surface area contributed by atoms with Crippen LogP contribution in [0.1, 0.15) is 5.56 Å². The van der Waals surface area contributed by atoms with Gasteiger partial charge in [0.25, 0.3) is 10.2 Å². The second-order valence-corrected chi connectivity index (χ2v) is 8.44. The number of benzene rings is 1. The average Bonchev–Trinajstić information content (AvgIpc) is 2.62. The molecule has 0 aromatic heterocycles. The molecule has 0 N–H and O–H groups in total. The molecule has 0 amide bonds. The number of piperazine rings is 1. The van der Waals surface area contributed by atoms with Crippen LogP contribution in [0.15, 0.2) is 24.3 Å². The summed E-state index contributed by atoms with van der Waals surface area (Å²) in [5, 5.41) is 0.797. The zero-order valence-electron chi connectivity index (χ0n) is 13.7. The summed E-state index contributed by atoms with van der Waals surface area (Å²) in [5.41, 5.74) is 1.14. The van der Waals surface area contributed by atoms with Crippen molar-refractivity contribution in [1.82, 2.24) is 13.5 Å². The third-order valence-corrected chi connectivity index (χ3v) is 7.01. The Morgan fingerprint density at radius 2 is 1.58 bits per heavy atom. The largest absolute Gasteiger partial charge is 0.379 e. The fraction of sp³-hybridized carbons (Fsp3) is 0.625. The van der Waals surface area contributed by atoms with Gasteiger partial charge < -0.3 is 9.64 Å². The summed E-state index contributed by atoms with van der Waals surface area (Å²) in [6.45, 7) is 5.37. The molecular formula is C16H24ClN3O3S. The lowest BCUT2D eigenvalue weighted by Gasteiger charge is -2.37. The van der Waals surface area contributed by atoms with Crippen molar-refractivity contribution < 1.29 is 13.2 Å². The van der Waals surface area contributed by atoms with E-state index in [2.05, 4.69) is 4.90 Å². The van der Waals surface area contributed by atoms with Crippen molar-refractivity contribution in [2.45, 2.75) is 6.42 Å². The Morgan fingerprint density at radius 1 is 0.958 bits per heavy atom. The highest BCUT2D eigenvalue weighted by atomic mass is 35.5. The third kappa shape index (κ3) is 4.28. The number of hydrogen-bond donors (Lipinski definition) is 0. The number of nitrogens with zero attached hydrogens (tertiary/aromatic N) is 3. The molecule has 0 atom stereocenters. The van der Waals surface area contributed by atoms with Crippen molar-refractivity contribution in [3.63, 3.8) is 0 Å². The molecule has 2 aliphatic rings. The Labute approximate surface area is 149 Å². The maximum Gasteiger partial charge on any atom is 0.282 e. The first-order chi connectivity index (χ1) is 11.6. The second kappa shape index (κ2) is 8.12. The lowest BCUT2D eigenvalue weighted by atomic mass is 10.1. The van der Waals surface area contributed by atoms with E-state index >= 15 is 0 Å². The smallest absolute Gasteiger partial charge is 0.282 e. The maximum absolute atomic E-state index is 12.6. The van der Waals surface area contributed by atoms with E-state index in [0.29, 0.717) is 39.4 Å². The number of hydrogen-bond acceptors (Lipinski definition) is 4. The van der Waals surface area contributed by atoms with Crippen LogP contribution in [0.25, 0.3) is 0 Å².